The van der Waals surface area contributed by atoms with E-state index in [9.17, 15) is 10.1 Å². The number of halogens is 1. The highest BCUT2D eigenvalue weighted by atomic mass is 35.5. The summed E-state index contributed by atoms with van der Waals surface area (Å²) in [5.41, 5.74) is 0.723. The van der Waals surface area contributed by atoms with Gasteiger partial charge < -0.3 is 10.3 Å². The Kier molecular flexibility index (Phi) is 4.13. The van der Waals surface area contributed by atoms with Crippen LogP contribution >= 0.6 is 11.6 Å². The average molecular weight is 281 g/mol. The molecule has 7 heteroatoms. The van der Waals surface area contributed by atoms with E-state index in [0.717, 1.165) is 5.82 Å². The normalized spacial score (nSPS) is 12.3. The largest absolute Gasteiger partial charge is 0.347 e. The van der Waals surface area contributed by atoms with Gasteiger partial charge in [-0.05, 0) is 18.6 Å². The van der Waals surface area contributed by atoms with Gasteiger partial charge in [-0.2, -0.15) is 0 Å². The van der Waals surface area contributed by atoms with Gasteiger partial charge in [0, 0.05) is 36.1 Å². The van der Waals surface area contributed by atoms with E-state index in [2.05, 4.69) is 15.3 Å². The number of nitro benzene ring substituents is 1. The van der Waals surface area contributed by atoms with E-state index in [0.29, 0.717) is 17.1 Å². The molecule has 2 aromatic rings. The molecule has 2 N–H and O–H groups in total. The Balaban J connectivity index is 2.06. The van der Waals surface area contributed by atoms with Crippen molar-refractivity contribution in [1.82, 2.24) is 15.3 Å². The van der Waals surface area contributed by atoms with Crippen LogP contribution in [0.4, 0.5) is 5.69 Å². The molecule has 0 aliphatic heterocycles. The van der Waals surface area contributed by atoms with Gasteiger partial charge in [0.1, 0.15) is 5.82 Å². The Bertz CT molecular complexity index is 571. The van der Waals surface area contributed by atoms with Gasteiger partial charge in [0.2, 0.25) is 0 Å². The standard InChI is InChI=1S/C12H13ClN4O2/c1-8(12-14-4-5-15-12)16-7-9-6-10(17(18)19)2-3-11(9)13/h2-6,8,16H,7H2,1H3,(H,14,15). The van der Waals surface area contributed by atoms with Crippen LogP contribution in [0.1, 0.15) is 24.4 Å². The van der Waals surface area contributed by atoms with Gasteiger partial charge >= 0.3 is 0 Å². The van der Waals surface area contributed by atoms with Crippen molar-refractivity contribution in [2.45, 2.75) is 19.5 Å². The van der Waals surface area contributed by atoms with Crippen molar-refractivity contribution < 1.29 is 4.92 Å². The molecule has 19 heavy (non-hydrogen) atoms. The number of imidazole rings is 1. The predicted molar refractivity (Wildman–Crippen MR) is 71.9 cm³/mol. The molecule has 0 saturated carbocycles. The third kappa shape index (κ3) is 3.30. The molecule has 1 unspecified atom stereocenters. The van der Waals surface area contributed by atoms with E-state index >= 15 is 0 Å². The Labute approximate surface area is 115 Å². The summed E-state index contributed by atoms with van der Waals surface area (Å²) >= 11 is 6.02. The number of rotatable bonds is 5. The van der Waals surface area contributed by atoms with Gasteiger partial charge in [0.25, 0.3) is 5.69 Å². The number of nitro groups is 1. The molecule has 1 aromatic carbocycles. The summed E-state index contributed by atoms with van der Waals surface area (Å²) in [5, 5.41) is 14.4. The molecular weight excluding hydrogens is 268 g/mol. The number of aromatic amines is 1. The fourth-order valence-corrected chi connectivity index (χ4v) is 1.87. The van der Waals surface area contributed by atoms with Crippen molar-refractivity contribution in [2.75, 3.05) is 0 Å². The molecule has 0 radical (unpaired) electrons. The zero-order valence-electron chi connectivity index (χ0n) is 10.3. The lowest BCUT2D eigenvalue weighted by Gasteiger charge is -2.12. The van der Waals surface area contributed by atoms with Crippen LogP contribution in [0, 0.1) is 10.1 Å². The van der Waals surface area contributed by atoms with E-state index in [1.54, 1.807) is 12.4 Å². The molecule has 0 spiro atoms. The van der Waals surface area contributed by atoms with Crippen LogP contribution in [-0.4, -0.2) is 14.9 Å². The Morgan fingerprint density at radius 3 is 3.00 bits per heavy atom. The molecule has 1 atom stereocenters. The highest BCUT2D eigenvalue weighted by Crippen LogP contribution is 2.22. The molecule has 1 aromatic heterocycles. The fraction of sp³-hybridized carbons (Fsp3) is 0.250. The van der Waals surface area contributed by atoms with Crippen LogP contribution in [0.15, 0.2) is 30.6 Å². The van der Waals surface area contributed by atoms with Crippen molar-refractivity contribution in [3.05, 3.63) is 57.1 Å². The molecule has 1 heterocycles. The van der Waals surface area contributed by atoms with Crippen molar-refractivity contribution >= 4 is 17.3 Å². The van der Waals surface area contributed by atoms with Crippen LogP contribution in [0.3, 0.4) is 0 Å². The minimum atomic E-state index is -0.435. The monoisotopic (exact) mass is 280 g/mol. The SMILES string of the molecule is CC(NCc1cc([N+](=O)[O-])ccc1Cl)c1ncc[nH]1. The van der Waals surface area contributed by atoms with Gasteiger partial charge in [-0.1, -0.05) is 11.6 Å². The predicted octanol–water partition coefficient (Wildman–Crippen LogP) is 2.82. The fourth-order valence-electron chi connectivity index (χ4n) is 1.68. The average Bonchev–Trinajstić information content (AvgIpc) is 2.91. The Morgan fingerprint density at radius 2 is 2.37 bits per heavy atom. The zero-order chi connectivity index (χ0) is 13.8. The maximum absolute atomic E-state index is 10.7. The van der Waals surface area contributed by atoms with E-state index < -0.39 is 4.92 Å². The first-order valence-electron chi connectivity index (χ1n) is 5.73. The van der Waals surface area contributed by atoms with Crippen molar-refractivity contribution in [1.29, 1.82) is 0 Å². The van der Waals surface area contributed by atoms with Crippen LogP contribution in [0.25, 0.3) is 0 Å². The van der Waals surface area contributed by atoms with Gasteiger partial charge in [0.05, 0.1) is 11.0 Å². The van der Waals surface area contributed by atoms with Crippen LogP contribution in [0.2, 0.25) is 5.02 Å². The van der Waals surface area contributed by atoms with Gasteiger partial charge in [0.15, 0.2) is 0 Å². The Morgan fingerprint density at radius 1 is 1.58 bits per heavy atom. The number of H-pyrrole nitrogens is 1. The highest BCUT2D eigenvalue weighted by Gasteiger charge is 2.12. The second-order valence-corrected chi connectivity index (χ2v) is 4.52. The minimum Gasteiger partial charge on any atom is -0.347 e. The minimum absolute atomic E-state index is 0.00493. The summed E-state index contributed by atoms with van der Waals surface area (Å²) < 4.78 is 0. The molecule has 0 bridgehead atoms. The van der Waals surface area contributed by atoms with Crippen LogP contribution in [-0.2, 0) is 6.54 Å². The number of nitrogens with zero attached hydrogens (tertiary/aromatic N) is 2. The first-order valence-corrected chi connectivity index (χ1v) is 6.11. The molecule has 100 valence electrons. The van der Waals surface area contributed by atoms with Crippen molar-refractivity contribution in [3.63, 3.8) is 0 Å². The van der Waals surface area contributed by atoms with Gasteiger partial charge in [-0.15, -0.1) is 0 Å². The number of hydrogen-bond donors (Lipinski definition) is 2. The molecule has 0 fully saturated rings. The number of aromatic nitrogens is 2. The summed E-state index contributed by atoms with van der Waals surface area (Å²) in [5.74, 6) is 0.807. The van der Waals surface area contributed by atoms with Crippen molar-refractivity contribution in [2.24, 2.45) is 0 Å². The number of benzene rings is 1. The topological polar surface area (TPSA) is 83.8 Å². The van der Waals surface area contributed by atoms with Crippen LogP contribution < -0.4 is 5.32 Å². The van der Waals surface area contributed by atoms with Gasteiger partial charge in [-0.25, -0.2) is 4.98 Å². The van der Waals surface area contributed by atoms with E-state index in [4.69, 9.17) is 11.6 Å². The molecule has 0 amide bonds. The molecular formula is C12H13ClN4O2. The molecule has 0 saturated heterocycles. The first kappa shape index (κ1) is 13.5. The summed E-state index contributed by atoms with van der Waals surface area (Å²) in [7, 11) is 0. The second-order valence-electron chi connectivity index (χ2n) is 4.11. The Hall–Kier alpha value is -1.92. The molecule has 0 aliphatic carbocycles. The second kappa shape index (κ2) is 5.81. The molecule has 6 nitrogen and oxygen atoms in total. The van der Waals surface area contributed by atoms with E-state index in [-0.39, 0.29) is 11.7 Å². The van der Waals surface area contributed by atoms with Crippen molar-refractivity contribution in [3.8, 4) is 0 Å². The maximum Gasteiger partial charge on any atom is 0.269 e. The third-order valence-corrected chi connectivity index (χ3v) is 3.14. The third-order valence-electron chi connectivity index (χ3n) is 2.77. The smallest absolute Gasteiger partial charge is 0.269 e. The lowest BCUT2D eigenvalue weighted by molar-refractivity contribution is -0.384. The number of non-ortho nitro benzene ring substituents is 1. The summed E-state index contributed by atoms with van der Waals surface area (Å²) in [6.45, 7) is 2.38. The quantitative estimate of drug-likeness (QED) is 0.651. The highest BCUT2D eigenvalue weighted by molar-refractivity contribution is 6.31. The van der Waals surface area contributed by atoms with Gasteiger partial charge in [-0.3, -0.25) is 10.1 Å². The number of nitrogens with one attached hydrogen (secondary N) is 2. The number of hydrogen-bond acceptors (Lipinski definition) is 4. The summed E-state index contributed by atoms with van der Waals surface area (Å²) in [4.78, 5) is 17.4. The summed E-state index contributed by atoms with van der Waals surface area (Å²) in [6.07, 6.45) is 3.42. The lowest BCUT2D eigenvalue weighted by atomic mass is 10.2. The van der Waals surface area contributed by atoms with E-state index in [1.165, 1.54) is 18.2 Å². The molecule has 0 aliphatic rings. The molecule has 2 rings (SSSR count). The maximum atomic E-state index is 10.7. The summed E-state index contributed by atoms with van der Waals surface area (Å²) in [6, 6.07) is 4.41. The zero-order valence-corrected chi connectivity index (χ0v) is 11.0. The van der Waals surface area contributed by atoms with E-state index in [1.807, 2.05) is 6.92 Å². The lowest BCUT2D eigenvalue weighted by Crippen LogP contribution is -2.19. The first-order chi connectivity index (χ1) is 9.08. The van der Waals surface area contributed by atoms with Crippen LogP contribution in [0.5, 0.6) is 0 Å².